The van der Waals surface area contributed by atoms with E-state index < -0.39 is 17.0 Å². The quantitative estimate of drug-likeness (QED) is 0.537. The molecule has 0 aromatic rings. The molecule has 7 heteroatoms. The topological polar surface area (TPSA) is 105 Å². The molecule has 0 aromatic carbocycles. The van der Waals surface area contributed by atoms with Crippen LogP contribution < -0.4 is 16.4 Å². The van der Waals surface area contributed by atoms with Gasteiger partial charge in [-0.15, -0.1) is 0 Å². The van der Waals surface area contributed by atoms with Crippen molar-refractivity contribution < 1.29 is 14.4 Å². The van der Waals surface area contributed by atoms with E-state index in [0.29, 0.717) is 13.0 Å². The molecule has 2 saturated heterocycles. The van der Waals surface area contributed by atoms with Gasteiger partial charge in [-0.05, 0) is 20.3 Å². The van der Waals surface area contributed by atoms with Crippen LogP contribution in [-0.4, -0.2) is 47.9 Å². The van der Waals surface area contributed by atoms with Crippen LogP contribution in [0.2, 0.25) is 0 Å². The minimum Gasteiger partial charge on any atom is -0.339 e. The van der Waals surface area contributed by atoms with E-state index in [1.165, 1.54) is 0 Å². The van der Waals surface area contributed by atoms with Gasteiger partial charge in [0.15, 0.2) is 0 Å². The van der Waals surface area contributed by atoms with Gasteiger partial charge in [0.1, 0.15) is 5.54 Å². The van der Waals surface area contributed by atoms with Crippen LogP contribution >= 0.6 is 0 Å². The number of carbonyl (C=O) groups is 3. The van der Waals surface area contributed by atoms with Crippen molar-refractivity contribution in [2.75, 3.05) is 19.6 Å². The predicted octanol–water partition coefficient (Wildman–Crippen LogP) is -1.22. The molecule has 2 rings (SSSR count). The van der Waals surface area contributed by atoms with Crippen molar-refractivity contribution in [3.8, 4) is 0 Å². The highest BCUT2D eigenvalue weighted by molar-refractivity contribution is 6.07. The van der Waals surface area contributed by atoms with Gasteiger partial charge >= 0.3 is 6.03 Å². The summed E-state index contributed by atoms with van der Waals surface area (Å²) < 4.78 is 0. The van der Waals surface area contributed by atoms with Crippen LogP contribution in [-0.2, 0) is 9.59 Å². The van der Waals surface area contributed by atoms with Gasteiger partial charge in [-0.3, -0.25) is 14.9 Å². The maximum atomic E-state index is 12.2. The molecule has 0 aromatic heterocycles. The maximum Gasteiger partial charge on any atom is 0.322 e. The van der Waals surface area contributed by atoms with Gasteiger partial charge < -0.3 is 16.0 Å². The number of imide groups is 1. The molecule has 2 aliphatic heterocycles. The number of hydrogen-bond donors (Lipinski definition) is 3. The van der Waals surface area contributed by atoms with Gasteiger partial charge in [-0.2, -0.15) is 0 Å². The SMILES string of the molecule is CC(C)(CN)C(=O)N1CCC2(C1)NC(=O)NC2=O. The summed E-state index contributed by atoms with van der Waals surface area (Å²) in [4.78, 5) is 36.7. The molecule has 7 nitrogen and oxygen atoms in total. The molecule has 0 radical (unpaired) electrons. The van der Waals surface area contributed by atoms with E-state index in [9.17, 15) is 14.4 Å². The van der Waals surface area contributed by atoms with Crippen LogP contribution in [0.1, 0.15) is 20.3 Å². The average molecular weight is 254 g/mol. The van der Waals surface area contributed by atoms with Gasteiger partial charge in [0.25, 0.3) is 5.91 Å². The van der Waals surface area contributed by atoms with E-state index in [4.69, 9.17) is 5.73 Å². The molecule has 100 valence electrons. The first kappa shape index (κ1) is 12.8. The predicted molar refractivity (Wildman–Crippen MR) is 63.4 cm³/mol. The Morgan fingerprint density at radius 1 is 1.50 bits per heavy atom. The third kappa shape index (κ3) is 1.84. The molecule has 0 bridgehead atoms. The molecule has 1 unspecified atom stereocenters. The van der Waals surface area contributed by atoms with Crippen LogP contribution in [0.15, 0.2) is 0 Å². The Morgan fingerprint density at radius 3 is 2.67 bits per heavy atom. The Kier molecular flexibility index (Phi) is 2.81. The van der Waals surface area contributed by atoms with Crippen LogP contribution in [0.4, 0.5) is 4.79 Å². The van der Waals surface area contributed by atoms with E-state index >= 15 is 0 Å². The number of amides is 4. The van der Waals surface area contributed by atoms with E-state index in [0.717, 1.165) is 0 Å². The smallest absolute Gasteiger partial charge is 0.322 e. The minimum absolute atomic E-state index is 0.0872. The first-order chi connectivity index (χ1) is 8.31. The summed E-state index contributed by atoms with van der Waals surface area (Å²) in [5.74, 6) is -0.441. The van der Waals surface area contributed by atoms with Crippen LogP contribution in [0.25, 0.3) is 0 Å². The Balaban J connectivity index is 2.12. The molecule has 2 aliphatic rings. The third-order valence-electron chi connectivity index (χ3n) is 3.66. The lowest BCUT2D eigenvalue weighted by atomic mass is 9.92. The molecular weight excluding hydrogens is 236 g/mol. The molecule has 2 heterocycles. The summed E-state index contributed by atoms with van der Waals surface area (Å²) in [6, 6.07) is -0.493. The highest BCUT2D eigenvalue weighted by atomic mass is 16.2. The summed E-state index contributed by atoms with van der Waals surface area (Å²) in [5, 5.41) is 4.82. The van der Waals surface area contributed by atoms with Crippen molar-refractivity contribution in [3.05, 3.63) is 0 Å². The van der Waals surface area contributed by atoms with E-state index in [2.05, 4.69) is 10.6 Å². The summed E-state index contributed by atoms with van der Waals surface area (Å²) in [7, 11) is 0. The van der Waals surface area contributed by atoms with Crippen molar-refractivity contribution in [2.24, 2.45) is 11.1 Å². The van der Waals surface area contributed by atoms with Gasteiger partial charge in [0, 0.05) is 13.1 Å². The second-order valence-electron chi connectivity index (χ2n) is 5.56. The number of urea groups is 1. The summed E-state index contributed by atoms with van der Waals surface area (Å²) >= 11 is 0. The standard InChI is InChI=1S/C11H18N4O3/c1-10(2,5-12)8(17)15-4-3-11(6-15)7(16)13-9(18)14-11/h3-6,12H2,1-2H3,(H2,13,14,16,18). The van der Waals surface area contributed by atoms with Gasteiger partial charge in [-0.1, -0.05) is 0 Å². The van der Waals surface area contributed by atoms with E-state index in [1.807, 2.05) is 0 Å². The fourth-order valence-corrected chi connectivity index (χ4v) is 2.31. The zero-order valence-electron chi connectivity index (χ0n) is 10.6. The zero-order chi connectivity index (χ0) is 13.6. The molecule has 0 aliphatic carbocycles. The summed E-state index contributed by atoms with van der Waals surface area (Å²) in [5.41, 5.74) is 3.98. The first-order valence-electron chi connectivity index (χ1n) is 5.94. The van der Waals surface area contributed by atoms with Gasteiger partial charge in [-0.25, -0.2) is 4.79 Å². The largest absolute Gasteiger partial charge is 0.339 e. The van der Waals surface area contributed by atoms with Crippen molar-refractivity contribution >= 4 is 17.8 Å². The molecule has 4 N–H and O–H groups in total. The minimum atomic E-state index is -0.947. The lowest BCUT2D eigenvalue weighted by Gasteiger charge is -2.28. The first-order valence-corrected chi connectivity index (χ1v) is 5.94. The summed E-state index contributed by atoms with van der Waals surface area (Å²) in [6.07, 6.45) is 0.441. The van der Waals surface area contributed by atoms with Gasteiger partial charge in [0.2, 0.25) is 5.91 Å². The number of rotatable bonds is 2. The molecule has 1 atom stereocenters. The normalized spacial score (nSPS) is 27.6. The van der Waals surface area contributed by atoms with Crippen LogP contribution in [0.5, 0.6) is 0 Å². The Labute approximate surface area is 105 Å². The zero-order valence-corrected chi connectivity index (χ0v) is 10.6. The highest BCUT2D eigenvalue weighted by Gasteiger charge is 2.52. The third-order valence-corrected chi connectivity index (χ3v) is 3.66. The van der Waals surface area contributed by atoms with Crippen LogP contribution in [0.3, 0.4) is 0 Å². The molecule has 0 saturated carbocycles. The Bertz CT molecular complexity index is 421. The Hall–Kier alpha value is -1.63. The number of likely N-dealkylation sites (tertiary alicyclic amines) is 1. The average Bonchev–Trinajstić information content (AvgIpc) is 2.84. The molecule has 18 heavy (non-hydrogen) atoms. The van der Waals surface area contributed by atoms with E-state index in [1.54, 1.807) is 18.7 Å². The second kappa shape index (κ2) is 3.94. The molecule has 4 amide bonds. The highest BCUT2D eigenvalue weighted by Crippen LogP contribution is 2.28. The van der Waals surface area contributed by atoms with E-state index in [-0.39, 0.29) is 24.9 Å². The monoisotopic (exact) mass is 254 g/mol. The number of nitrogens with two attached hydrogens (primary N) is 1. The van der Waals surface area contributed by atoms with Crippen LogP contribution in [0, 0.1) is 5.41 Å². The second-order valence-corrected chi connectivity index (χ2v) is 5.56. The lowest BCUT2D eigenvalue weighted by Crippen LogP contribution is -2.51. The maximum absolute atomic E-state index is 12.2. The Morgan fingerprint density at radius 2 is 2.17 bits per heavy atom. The molecular formula is C11H18N4O3. The molecule has 1 spiro atoms. The van der Waals surface area contributed by atoms with Crippen molar-refractivity contribution in [3.63, 3.8) is 0 Å². The van der Waals surface area contributed by atoms with Gasteiger partial charge in [0.05, 0.1) is 12.0 Å². The number of hydrogen-bond acceptors (Lipinski definition) is 4. The summed E-state index contributed by atoms with van der Waals surface area (Å²) in [6.45, 7) is 4.46. The number of carbonyl (C=O) groups excluding carboxylic acids is 3. The molecule has 2 fully saturated rings. The van der Waals surface area contributed by atoms with Crippen molar-refractivity contribution in [1.82, 2.24) is 15.5 Å². The fraction of sp³-hybridized carbons (Fsp3) is 0.727. The number of nitrogens with one attached hydrogen (secondary N) is 2. The fourth-order valence-electron chi connectivity index (χ4n) is 2.31. The van der Waals surface area contributed by atoms with Crippen molar-refractivity contribution in [2.45, 2.75) is 25.8 Å². The van der Waals surface area contributed by atoms with Crippen molar-refractivity contribution in [1.29, 1.82) is 0 Å². The number of nitrogens with zero attached hydrogens (tertiary/aromatic N) is 1. The lowest BCUT2D eigenvalue weighted by molar-refractivity contribution is -0.139.